The second-order valence-corrected chi connectivity index (χ2v) is 8.35. The van der Waals surface area contributed by atoms with Crippen LogP contribution in [0.2, 0.25) is 0 Å². The fourth-order valence-electron chi connectivity index (χ4n) is 2.53. The summed E-state index contributed by atoms with van der Waals surface area (Å²) in [4.78, 5) is 4.71. The van der Waals surface area contributed by atoms with Gasteiger partial charge in [0.15, 0.2) is 5.03 Å². The van der Waals surface area contributed by atoms with Gasteiger partial charge in [0.25, 0.3) is 10.0 Å². The van der Waals surface area contributed by atoms with E-state index < -0.39 is 10.0 Å². The number of hydrogen-bond donors (Lipinski definition) is 1. The summed E-state index contributed by atoms with van der Waals surface area (Å²) in [6, 6.07) is 0.0328. The van der Waals surface area contributed by atoms with Crippen LogP contribution in [0.1, 0.15) is 44.9 Å². The Morgan fingerprint density at radius 1 is 1.40 bits per heavy atom. The average Bonchev–Trinajstić information content (AvgIpc) is 2.75. The molecule has 0 bridgehead atoms. The van der Waals surface area contributed by atoms with E-state index in [0.717, 1.165) is 44.5 Å². The molecule has 1 aromatic heterocycles. The molecule has 0 unspecified atom stereocenters. The lowest BCUT2D eigenvalue weighted by molar-refractivity contribution is 0.422. The first-order chi connectivity index (χ1) is 9.42. The number of rotatable bonds is 5. The molecule has 2 rings (SSSR count). The Labute approximate surface area is 129 Å². The number of alkyl halides is 1. The maximum absolute atomic E-state index is 12.4. The summed E-state index contributed by atoms with van der Waals surface area (Å²) in [5, 5.41) is 0.143. The Morgan fingerprint density at radius 2 is 2.05 bits per heavy atom. The summed E-state index contributed by atoms with van der Waals surface area (Å²) in [7, 11) is -3.49. The van der Waals surface area contributed by atoms with Crippen LogP contribution in [0.4, 0.5) is 0 Å². The van der Waals surface area contributed by atoms with Gasteiger partial charge in [-0.15, -0.1) is 0 Å². The molecule has 7 heteroatoms. The van der Waals surface area contributed by atoms with Crippen LogP contribution in [-0.4, -0.2) is 28.8 Å². The minimum absolute atomic E-state index is 0.0328. The lowest BCUT2D eigenvalue weighted by Crippen LogP contribution is -2.37. The molecule has 0 atom stereocenters. The van der Waals surface area contributed by atoms with Gasteiger partial charge in [-0.3, -0.25) is 0 Å². The normalized spacial score (nSPS) is 23.9. The summed E-state index contributed by atoms with van der Waals surface area (Å²) < 4.78 is 29.4. The molecule has 114 valence electrons. The van der Waals surface area contributed by atoms with E-state index in [0.29, 0.717) is 4.83 Å². The second kappa shape index (κ2) is 6.58. The highest BCUT2D eigenvalue weighted by molar-refractivity contribution is 9.09. The highest BCUT2D eigenvalue weighted by Crippen LogP contribution is 2.25. The fraction of sp³-hybridized carbons (Fsp3) is 0.769. The van der Waals surface area contributed by atoms with E-state index >= 15 is 0 Å². The number of aryl methyl sites for hydroxylation is 2. The van der Waals surface area contributed by atoms with Crippen molar-refractivity contribution in [1.29, 1.82) is 0 Å². The summed E-state index contributed by atoms with van der Waals surface area (Å²) in [5.74, 6) is 0.747. The largest absolute Gasteiger partial charge is 0.334 e. The van der Waals surface area contributed by atoms with Crippen molar-refractivity contribution < 1.29 is 8.42 Å². The highest BCUT2D eigenvalue weighted by atomic mass is 79.9. The van der Waals surface area contributed by atoms with Crippen LogP contribution >= 0.6 is 15.9 Å². The lowest BCUT2D eigenvalue weighted by atomic mass is 9.96. The molecule has 1 N–H and O–H groups in total. The molecular formula is C13H22BrN3O2S. The maximum atomic E-state index is 12.4. The van der Waals surface area contributed by atoms with E-state index in [2.05, 4.69) is 32.6 Å². The summed E-state index contributed by atoms with van der Waals surface area (Å²) in [5.41, 5.74) is 0. The van der Waals surface area contributed by atoms with Crippen molar-refractivity contribution in [3.8, 4) is 0 Å². The van der Waals surface area contributed by atoms with Crippen molar-refractivity contribution in [2.45, 2.75) is 68.4 Å². The SMILES string of the molecule is CCCn1cc(S(=O)(=O)NC2CCC(Br)CC2)nc1C. The number of imidazole rings is 1. The maximum Gasteiger partial charge on any atom is 0.259 e. The first-order valence-electron chi connectivity index (χ1n) is 7.12. The number of nitrogens with one attached hydrogen (secondary N) is 1. The second-order valence-electron chi connectivity index (χ2n) is 5.39. The third-order valence-electron chi connectivity index (χ3n) is 3.67. The van der Waals surface area contributed by atoms with Gasteiger partial charge in [-0.1, -0.05) is 22.9 Å². The Hall–Kier alpha value is -0.400. The van der Waals surface area contributed by atoms with Crippen molar-refractivity contribution in [3.05, 3.63) is 12.0 Å². The zero-order chi connectivity index (χ0) is 14.8. The monoisotopic (exact) mass is 363 g/mol. The van der Waals surface area contributed by atoms with Crippen LogP contribution < -0.4 is 4.72 Å². The van der Waals surface area contributed by atoms with E-state index in [1.54, 1.807) is 6.20 Å². The van der Waals surface area contributed by atoms with Crippen molar-refractivity contribution in [2.75, 3.05) is 0 Å². The molecule has 1 aliphatic rings. The zero-order valence-electron chi connectivity index (χ0n) is 12.0. The number of hydrogen-bond acceptors (Lipinski definition) is 3. The number of halogens is 1. The Balaban J connectivity index is 2.08. The van der Waals surface area contributed by atoms with Gasteiger partial charge >= 0.3 is 0 Å². The predicted molar refractivity (Wildman–Crippen MR) is 82.5 cm³/mol. The van der Waals surface area contributed by atoms with Crippen molar-refractivity contribution in [3.63, 3.8) is 0 Å². The topological polar surface area (TPSA) is 64.0 Å². The molecule has 0 aromatic carbocycles. The van der Waals surface area contributed by atoms with Gasteiger partial charge in [0.05, 0.1) is 0 Å². The van der Waals surface area contributed by atoms with Gasteiger partial charge < -0.3 is 4.57 Å². The fourth-order valence-corrected chi connectivity index (χ4v) is 4.37. The molecule has 1 fully saturated rings. The van der Waals surface area contributed by atoms with E-state index in [1.165, 1.54) is 0 Å². The molecule has 5 nitrogen and oxygen atoms in total. The number of sulfonamides is 1. The van der Waals surface area contributed by atoms with E-state index in [4.69, 9.17) is 0 Å². The van der Waals surface area contributed by atoms with Crippen molar-refractivity contribution in [2.24, 2.45) is 0 Å². The first kappa shape index (κ1) is 16.0. The van der Waals surface area contributed by atoms with E-state index in [1.807, 2.05) is 11.5 Å². The van der Waals surface area contributed by atoms with Gasteiger partial charge in [-0.2, -0.15) is 0 Å². The van der Waals surface area contributed by atoms with Crippen LogP contribution in [0.15, 0.2) is 11.2 Å². The average molecular weight is 364 g/mol. The quantitative estimate of drug-likeness (QED) is 0.817. The zero-order valence-corrected chi connectivity index (χ0v) is 14.4. The summed E-state index contributed by atoms with van der Waals surface area (Å²) in [6.45, 7) is 4.69. The molecule has 0 radical (unpaired) electrons. The molecule has 0 saturated heterocycles. The first-order valence-corrected chi connectivity index (χ1v) is 9.52. The number of nitrogens with zero attached hydrogens (tertiary/aromatic N) is 2. The molecule has 0 spiro atoms. The Bertz CT molecular complexity index is 548. The van der Waals surface area contributed by atoms with Crippen molar-refractivity contribution >= 4 is 26.0 Å². The molecule has 1 aromatic rings. The van der Waals surface area contributed by atoms with E-state index in [9.17, 15) is 8.42 Å². The van der Waals surface area contributed by atoms with Gasteiger partial charge in [0.2, 0.25) is 0 Å². The van der Waals surface area contributed by atoms with Crippen LogP contribution in [0.25, 0.3) is 0 Å². The molecule has 20 heavy (non-hydrogen) atoms. The van der Waals surface area contributed by atoms with Gasteiger partial charge in [0.1, 0.15) is 5.82 Å². The van der Waals surface area contributed by atoms with Crippen LogP contribution in [0, 0.1) is 6.92 Å². The molecule has 1 aliphatic carbocycles. The van der Waals surface area contributed by atoms with Gasteiger partial charge in [-0.25, -0.2) is 18.1 Å². The number of aromatic nitrogens is 2. The standard InChI is InChI=1S/C13H22BrN3O2S/c1-3-8-17-9-13(15-10(17)2)20(18,19)16-12-6-4-11(14)5-7-12/h9,11-12,16H,3-8H2,1-2H3. The minimum Gasteiger partial charge on any atom is -0.334 e. The van der Waals surface area contributed by atoms with Crippen molar-refractivity contribution in [1.82, 2.24) is 14.3 Å². The Morgan fingerprint density at radius 3 is 2.65 bits per heavy atom. The van der Waals surface area contributed by atoms with Crippen LogP contribution in [-0.2, 0) is 16.6 Å². The molecule has 0 aliphatic heterocycles. The Kier molecular flexibility index (Phi) is 5.25. The third kappa shape index (κ3) is 3.83. The predicted octanol–water partition coefficient (Wildman–Crippen LogP) is 2.59. The summed E-state index contributed by atoms with van der Waals surface area (Å²) >= 11 is 3.58. The van der Waals surface area contributed by atoms with Crippen LogP contribution in [0.3, 0.4) is 0 Å². The lowest BCUT2D eigenvalue weighted by Gasteiger charge is -2.25. The van der Waals surface area contributed by atoms with Gasteiger partial charge in [-0.05, 0) is 39.0 Å². The molecular weight excluding hydrogens is 342 g/mol. The van der Waals surface area contributed by atoms with Crippen LogP contribution in [0.5, 0.6) is 0 Å². The highest BCUT2D eigenvalue weighted by Gasteiger charge is 2.26. The van der Waals surface area contributed by atoms with E-state index in [-0.39, 0.29) is 11.1 Å². The smallest absolute Gasteiger partial charge is 0.259 e. The summed E-state index contributed by atoms with van der Waals surface area (Å²) in [6.07, 6.45) is 6.37. The van der Waals surface area contributed by atoms with Gasteiger partial charge in [0, 0.05) is 23.6 Å². The molecule has 0 amide bonds. The minimum atomic E-state index is -3.49. The third-order valence-corrected chi connectivity index (χ3v) is 5.98. The molecule has 1 heterocycles. The molecule has 1 saturated carbocycles.